The van der Waals surface area contributed by atoms with Crippen LogP contribution in [-0.4, -0.2) is 64.8 Å². The Morgan fingerprint density at radius 3 is 2.23 bits per heavy atom. The third-order valence-corrected chi connectivity index (χ3v) is 2.08. The minimum atomic E-state index is -1.36. The zero-order valence-electron chi connectivity index (χ0n) is 7.20. The molecule has 1 aliphatic heterocycles. The molecule has 0 radical (unpaired) electrons. The monoisotopic (exact) mass is 194 g/mol. The minimum Gasteiger partial charge on any atom is -0.394 e. The van der Waals surface area contributed by atoms with Gasteiger partial charge in [0.2, 0.25) is 0 Å². The first-order valence-corrected chi connectivity index (χ1v) is 3.95. The predicted molar refractivity (Wildman–Crippen MR) is 40.8 cm³/mol. The highest BCUT2D eigenvalue weighted by Gasteiger charge is 2.43. The van der Waals surface area contributed by atoms with Crippen molar-refractivity contribution >= 4 is 0 Å². The Morgan fingerprint density at radius 2 is 1.77 bits per heavy atom. The van der Waals surface area contributed by atoms with Crippen LogP contribution in [0.3, 0.4) is 0 Å². The number of aliphatic hydroxyl groups excluding tert-OH is 4. The van der Waals surface area contributed by atoms with E-state index in [2.05, 4.69) is 0 Å². The topological polar surface area (TPSA) is 99.4 Å². The van der Waals surface area contributed by atoms with Crippen molar-refractivity contribution < 1.29 is 29.9 Å². The second-order valence-corrected chi connectivity index (χ2v) is 2.93. The van der Waals surface area contributed by atoms with Gasteiger partial charge in [0.1, 0.15) is 24.4 Å². The van der Waals surface area contributed by atoms with Gasteiger partial charge in [-0.2, -0.15) is 0 Å². The maximum Gasteiger partial charge on any atom is 0.186 e. The largest absolute Gasteiger partial charge is 0.394 e. The van der Waals surface area contributed by atoms with Crippen LogP contribution in [0.1, 0.15) is 0 Å². The van der Waals surface area contributed by atoms with Crippen LogP contribution in [0.25, 0.3) is 0 Å². The summed E-state index contributed by atoms with van der Waals surface area (Å²) in [7, 11) is 1.30. The first kappa shape index (κ1) is 10.8. The molecule has 5 atom stereocenters. The highest BCUT2D eigenvalue weighted by molar-refractivity contribution is 4.88. The van der Waals surface area contributed by atoms with Crippen molar-refractivity contribution in [3.05, 3.63) is 0 Å². The van der Waals surface area contributed by atoms with Crippen molar-refractivity contribution in [2.24, 2.45) is 0 Å². The lowest BCUT2D eigenvalue weighted by atomic mass is 9.99. The zero-order chi connectivity index (χ0) is 10.0. The third kappa shape index (κ3) is 1.98. The third-order valence-electron chi connectivity index (χ3n) is 2.08. The van der Waals surface area contributed by atoms with Crippen LogP contribution in [0.5, 0.6) is 0 Å². The molecule has 0 spiro atoms. The Hall–Kier alpha value is -0.240. The van der Waals surface area contributed by atoms with E-state index in [1.54, 1.807) is 0 Å². The van der Waals surface area contributed by atoms with Gasteiger partial charge in [-0.25, -0.2) is 0 Å². The lowest BCUT2D eigenvalue weighted by molar-refractivity contribution is -0.294. The smallest absolute Gasteiger partial charge is 0.186 e. The summed E-state index contributed by atoms with van der Waals surface area (Å²) in [6.07, 6.45) is -5.91. The number of aliphatic hydroxyl groups is 4. The van der Waals surface area contributed by atoms with E-state index in [0.29, 0.717) is 0 Å². The maximum atomic E-state index is 9.28. The Kier molecular flexibility index (Phi) is 3.60. The average molecular weight is 194 g/mol. The van der Waals surface area contributed by atoms with E-state index < -0.39 is 37.3 Å². The molecule has 1 heterocycles. The Bertz CT molecular complexity index is 143. The molecule has 1 saturated heterocycles. The Balaban J connectivity index is 2.66. The zero-order valence-corrected chi connectivity index (χ0v) is 7.20. The highest BCUT2D eigenvalue weighted by atomic mass is 16.7. The van der Waals surface area contributed by atoms with Gasteiger partial charge < -0.3 is 29.9 Å². The van der Waals surface area contributed by atoms with Crippen LogP contribution in [-0.2, 0) is 9.47 Å². The van der Waals surface area contributed by atoms with Gasteiger partial charge in [-0.3, -0.25) is 0 Å². The van der Waals surface area contributed by atoms with Gasteiger partial charge in [-0.1, -0.05) is 0 Å². The summed E-state index contributed by atoms with van der Waals surface area (Å²) in [5, 5.41) is 36.6. The molecule has 0 aliphatic carbocycles. The molecule has 0 saturated carbocycles. The van der Waals surface area contributed by atoms with Crippen LogP contribution in [0.2, 0.25) is 0 Å². The fourth-order valence-corrected chi connectivity index (χ4v) is 1.26. The predicted octanol–water partition coefficient (Wildman–Crippen LogP) is -2.57. The maximum absolute atomic E-state index is 9.28. The van der Waals surface area contributed by atoms with Crippen molar-refractivity contribution in [3.8, 4) is 0 Å². The van der Waals surface area contributed by atoms with Crippen LogP contribution >= 0.6 is 0 Å². The summed E-state index contributed by atoms with van der Waals surface area (Å²) >= 11 is 0. The standard InChI is InChI=1S/C7H14O6/c1-12-7-6(11)5(10)4(9)3(2-8)13-7/h3-11H,2H2,1H3/t3?,4-,5?,6?,7+/m0/s1. The van der Waals surface area contributed by atoms with E-state index in [4.69, 9.17) is 14.6 Å². The van der Waals surface area contributed by atoms with Crippen molar-refractivity contribution in [3.63, 3.8) is 0 Å². The van der Waals surface area contributed by atoms with Crippen LogP contribution in [0, 0.1) is 0 Å². The lowest BCUT2D eigenvalue weighted by Crippen LogP contribution is -2.58. The van der Waals surface area contributed by atoms with E-state index in [-0.39, 0.29) is 0 Å². The number of methoxy groups -OCH3 is 1. The Morgan fingerprint density at radius 1 is 1.15 bits per heavy atom. The fraction of sp³-hybridized carbons (Fsp3) is 1.00. The number of rotatable bonds is 2. The summed E-state index contributed by atoms with van der Waals surface area (Å²) < 4.78 is 9.65. The quantitative estimate of drug-likeness (QED) is 0.386. The molecule has 0 amide bonds. The lowest BCUT2D eigenvalue weighted by Gasteiger charge is -2.38. The summed E-state index contributed by atoms with van der Waals surface area (Å²) in [5.74, 6) is 0. The Labute approximate surface area is 75.3 Å². The SMILES string of the molecule is CO[C@@H]1OC(CO)[C@H](O)C(O)C1O. The fourth-order valence-electron chi connectivity index (χ4n) is 1.26. The van der Waals surface area contributed by atoms with Gasteiger partial charge in [0.05, 0.1) is 6.61 Å². The van der Waals surface area contributed by atoms with Gasteiger partial charge >= 0.3 is 0 Å². The van der Waals surface area contributed by atoms with Gasteiger partial charge in [0.25, 0.3) is 0 Å². The number of hydrogen-bond donors (Lipinski definition) is 4. The summed E-state index contributed by atoms with van der Waals surface area (Å²) in [4.78, 5) is 0. The molecule has 1 fully saturated rings. The van der Waals surface area contributed by atoms with E-state index in [0.717, 1.165) is 0 Å². The first-order valence-electron chi connectivity index (χ1n) is 3.95. The van der Waals surface area contributed by atoms with Crippen LogP contribution in [0.15, 0.2) is 0 Å². The number of hydrogen-bond acceptors (Lipinski definition) is 6. The van der Waals surface area contributed by atoms with E-state index in [1.165, 1.54) is 7.11 Å². The molecular formula is C7H14O6. The normalized spacial score (nSPS) is 46.4. The van der Waals surface area contributed by atoms with Crippen molar-refractivity contribution in [2.45, 2.75) is 30.7 Å². The molecule has 3 unspecified atom stereocenters. The van der Waals surface area contributed by atoms with E-state index in [1.807, 2.05) is 0 Å². The molecule has 0 bridgehead atoms. The van der Waals surface area contributed by atoms with Gasteiger partial charge in [-0.15, -0.1) is 0 Å². The van der Waals surface area contributed by atoms with Crippen LogP contribution < -0.4 is 0 Å². The molecule has 0 aromatic heterocycles. The van der Waals surface area contributed by atoms with Gasteiger partial charge in [-0.05, 0) is 0 Å². The van der Waals surface area contributed by atoms with Gasteiger partial charge in [0.15, 0.2) is 6.29 Å². The molecule has 0 aromatic rings. The molecule has 4 N–H and O–H groups in total. The number of ether oxygens (including phenoxy) is 2. The molecule has 6 heteroatoms. The van der Waals surface area contributed by atoms with Crippen molar-refractivity contribution in [1.29, 1.82) is 0 Å². The first-order chi connectivity index (χ1) is 6.11. The van der Waals surface area contributed by atoms with Crippen molar-refractivity contribution in [2.75, 3.05) is 13.7 Å². The van der Waals surface area contributed by atoms with Gasteiger partial charge in [0, 0.05) is 7.11 Å². The minimum absolute atomic E-state index is 0.440. The second-order valence-electron chi connectivity index (χ2n) is 2.93. The molecule has 1 rings (SSSR count). The summed E-state index contributed by atoms with van der Waals surface area (Å²) in [6.45, 7) is -0.440. The van der Waals surface area contributed by atoms with Crippen molar-refractivity contribution in [1.82, 2.24) is 0 Å². The molecule has 1 aliphatic rings. The average Bonchev–Trinajstić information content (AvgIpc) is 2.15. The molecule has 6 nitrogen and oxygen atoms in total. The summed E-state index contributed by atoms with van der Waals surface area (Å²) in [6, 6.07) is 0. The van der Waals surface area contributed by atoms with Crippen LogP contribution in [0.4, 0.5) is 0 Å². The molecular weight excluding hydrogens is 180 g/mol. The molecule has 0 aromatic carbocycles. The summed E-state index contributed by atoms with van der Waals surface area (Å²) in [5.41, 5.74) is 0. The second kappa shape index (κ2) is 4.32. The highest BCUT2D eigenvalue weighted by Crippen LogP contribution is 2.20. The van der Waals surface area contributed by atoms with E-state index in [9.17, 15) is 15.3 Å². The molecule has 13 heavy (non-hydrogen) atoms. The molecule has 78 valence electrons. The van der Waals surface area contributed by atoms with E-state index >= 15 is 0 Å².